The average molecular weight is 601 g/mol. The molecule has 192 valence electrons. The minimum atomic E-state index is -4.31. The molecule has 10 nitrogen and oxygen atoms in total. The van der Waals surface area contributed by atoms with Crippen LogP contribution in [0.1, 0.15) is 11.5 Å². The van der Waals surface area contributed by atoms with Gasteiger partial charge >= 0.3 is 0 Å². The van der Waals surface area contributed by atoms with E-state index in [2.05, 4.69) is 26.5 Å². The quantitative estimate of drug-likeness (QED) is 0.271. The molecule has 0 atom stereocenters. The smallest absolute Gasteiger partial charge is 0.265 e. The van der Waals surface area contributed by atoms with Gasteiger partial charge in [0.05, 0.1) is 42.6 Å². The van der Waals surface area contributed by atoms with Crippen molar-refractivity contribution in [3.8, 4) is 17.2 Å². The number of furan rings is 1. The Labute approximate surface area is 222 Å². The molecule has 1 N–H and O–H groups in total. The van der Waals surface area contributed by atoms with Gasteiger partial charge in [-0.3, -0.25) is 9.10 Å². The number of benzene rings is 2. The Bertz CT molecular complexity index is 1370. The number of amides is 1. The van der Waals surface area contributed by atoms with Gasteiger partial charge in [-0.2, -0.15) is 5.10 Å². The summed E-state index contributed by atoms with van der Waals surface area (Å²) >= 11 is 9.47. The van der Waals surface area contributed by atoms with Crippen molar-refractivity contribution in [2.75, 3.05) is 32.2 Å². The van der Waals surface area contributed by atoms with Crippen molar-refractivity contribution in [3.05, 3.63) is 63.5 Å². The van der Waals surface area contributed by atoms with E-state index in [0.717, 1.165) is 8.78 Å². The fraction of sp³-hybridized carbons (Fsp3) is 0.217. The van der Waals surface area contributed by atoms with Crippen LogP contribution in [0.5, 0.6) is 17.2 Å². The SMILES string of the molecule is COc1ccc(S(=O)(=O)N(CC(=O)N/N=C\c2cc(Br)c(C)o2)c2cc(Cl)ccc2OC)cc1OC. The molecule has 0 radical (unpaired) electrons. The maximum absolute atomic E-state index is 13.7. The first-order valence-electron chi connectivity index (χ1n) is 10.3. The molecule has 0 saturated heterocycles. The van der Waals surface area contributed by atoms with Gasteiger partial charge in [-0.05, 0) is 53.2 Å². The van der Waals surface area contributed by atoms with Gasteiger partial charge in [0, 0.05) is 17.2 Å². The summed E-state index contributed by atoms with van der Waals surface area (Å²) in [7, 11) is -0.118. The molecule has 0 saturated carbocycles. The van der Waals surface area contributed by atoms with Crippen LogP contribution >= 0.6 is 27.5 Å². The molecular formula is C23H23BrClN3O7S. The number of carbonyl (C=O) groups excluding carboxylic acids is 1. The van der Waals surface area contributed by atoms with Gasteiger partial charge in [0.2, 0.25) is 0 Å². The van der Waals surface area contributed by atoms with Crippen LogP contribution in [-0.4, -0.2) is 48.4 Å². The summed E-state index contributed by atoms with van der Waals surface area (Å²) in [6.45, 7) is 1.13. The van der Waals surface area contributed by atoms with Crippen LogP contribution in [0.15, 0.2) is 61.4 Å². The zero-order valence-corrected chi connectivity index (χ0v) is 22.9. The van der Waals surface area contributed by atoms with Crippen molar-refractivity contribution in [1.29, 1.82) is 0 Å². The lowest BCUT2D eigenvalue weighted by Gasteiger charge is -2.25. The second-order valence-corrected chi connectivity index (χ2v) is 10.3. The molecule has 1 aromatic heterocycles. The zero-order chi connectivity index (χ0) is 26.5. The largest absolute Gasteiger partial charge is 0.495 e. The summed E-state index contributed by atoms with van der Waals surface area (Å²) in [5, 5.41) is 4.10. The van der Waals surface area contributed by atoms with Gasteiger partial charge < -0.3 is 18.6 Å². The highest BCUT2D eigenvalue weighted by molar-refractivity contribution is 9.10. The van der Waals surface area contributed by atoms with Gasteiger partial charge in [0.1, 0.15) is 23.8 Å². The summed E-state index contributed by atoms with van der Waals surface area (Å²) in [5.74, 6) is 1.05. The van der Waals surface area contributed by atoms with Gasteiger partial charge in [-0.15, -0.1) is 0 Å². The minimum absolute atomic E-state index is 0.0597. The first kappa shape index (κ1) is 27.4. The monoisotopic (exact) mass is 599 g/mol. The Kier molecular flexibility index (Phi) is 8.88. The van der Waals surface area contributed by atoms with Crippen LogP contribution in [0, 0.1) is 6.92 Å². The van der Waals surface area contributed by atoms with E-state index in [1.165, 1.54) is 57.9 Å². The molecule has 0 spiro atoms. The topological polar surface area (TPSA) is 120 Å². The fourth-order valence-electron chi connectivity index (χ4n) is 3.14. The molecule has 0 unspecified atom stereocenters. The Morgan fingerprint density at radius 2 is 1.75 bits per heavy atom. The molecular weight excluding hydrogens is 578 g/mol. The fourth-order valence-corrected chi connectivity index (χ4v) is 5.05. The van der Waals surface area contributed by atoms with Crippen molar-refractivity contribution >= 4 is 55.4 Å². The zero-order valence-electron chi connectivity index (χ0n) is 19.7. The Morgan fingerprint density at radius 3 is 2.36 bits per heavy atom. The maximum Gasteiger partial charge on any atom is 0.265 e. The molecule has 0 aliphatic rings. The van der Waals surface area contributed by atoms with Crippen LogP contribution < -0.4 is 23.9 Å². The number of methoxy groups -OCH3 is 3. The normalized spacial score (nSPS) is 11.4. The number of hydrogen-bond donors (Lipinski definition) is 1. The van der Waals surface area contributed by atoms with Crippen molar-refractivity contribution in [1.82, 2.24) is 5.43 Å². The van der Waals surface area contributed by atoms with E-state index < -0.39 is 22.5 Å². The number of halogens is 2. The molecule has 0 fully saturated rings. The molecule has 36 heavy (non-hydrogen) atoms. The number of nitrogens with one attached hydrogen (secondary N) is 1. The molecule has 13 heteroatoms. The van der Waals surface area contributed by atoms with Crippen LogP contribution in [-0.2, 0) is 14.8 Å². The number of ether oxygens (including phenoxy) is 3. The van der Waals surface area contributed by atoms with E-state index in [1.54, 1.807) is 19.1 Å². The van der Waals surface area contributed by atoms with Crippen molar-refractivity contribution in [2.45, 2.75) is 11.8 Å². The number of hydrogen-bond acceptors (Lipinski definition) is 8. The number of hydrazone groups is 1. The van der Waals surface area contributed by atoms with Gasteiger partial charge in [0.15, 0.2) is 11.5 Å². The van der Waals surface area contributed by atoms with E-state index in [4.69, 9.17) is 30.2 Å². The van der Waals surface area contributed by atoms with Crippen molar-refractivity contribution < 1.29 is 31.8 Å². The van der Waals surface area contributed by atoms with E-state index in [0.29, 0.717) is 17.3 Å². The maximum atomic E-state index is 13.7. The van der Waals surface area contributed by atoms with Crippen molar-refractivity contribution in [2.24, 2.45) is 5.10 Å². The van der Waals surface area contributed by atoms with Gasteiger partial charge in [-0.1, -0.05) is 11.6 Å². The molecule has 1 amide bonds. The highest BCUT2D eigenvalue weighted by atomic mass is 79.9. The number of aryl methyl sites for hydroxylation is 1. The van der Waals surface area contributed by atoms with Gasteiger partial charge in [0.25, 0.3) is 15.9 Å². The van der Waals surface area contributed by atoms with Crippen LogP contribution in [0.4, 0.5) is 5.69 Å². The second-order valence-electron chi connectivity index (χ2n) is 7.19. The minimum Gasteiger partial charge on any atom is -0.495 e. The van der Waals surface area contributed by atoms with E-state index >= 15 is 0 Å². The first-order valence-corrected chi connectivity index (χ1v) is 12.9. The van der Waals surface area contributed by atoms with Crippen LogP contribution in [0.3, 0.4) is 0 Å². The average Bonchev–Trinajstić information content (AvgIpc) is 3.18. The number of sulfonamides is 1. The summed E-state index contributed by atoms with van der Waals surface area (Å²) in [6.07, 6.45) is 1.29. The molecule has 0 aliphatic carbocycles. The van der Waals surface area contributed by atoms with E-state index in [-0.39, 0.29) is 27.1 Å². The summed E-state index contributed by atoms with van der Waals surface area (Å²) in [5.41, 5.74) is 2.37. The highest BCUT2D eigenvalue weighted by Gasteiger charge is 2.30. The third-order valence-electron chi connectivity index (χ3n) is 4.90. The van der Waals surface area contributed by atoms with Crippen molar-refractivity contribution in [3.63, 3.8) is 0 Å². The number of carbonyl (C=O) groups is 1. The molecule has 1 heterocycles. The first-order chi connectivity index (χ1) is 17.1. The summed E-state index contributed by atoms with van der Waals surface area (Å²) in [4.78, 5) is 12.6. The predicted molar refractivity (Wildman–Crippen MR) is 139 cm³/mol. The highest BCUT2D eigenvalue weighted by Crippen LogP contribution is 2.37. The molecule has 0 bridgehead atoms. The lowest BCUT2D eigenvalue weighted by atomic mass is 10.3. The number of rotatable bonds is 10. The summed E-state index contributed by atoms with van der Waals surface area (Å²) < 4.78 is 50.3. The number of nitrogens with zero attached hydrogens (tertiary/aromatic N) is 2. The van der Waals surface area contributed by atoms with Crippen LogP contribution in [0.2, 0.25) is 5.02 Å². The van der Waals surface area contributed by atoms with Gasteiger partial charge in [-0.25, -0.2) is 13.8 Å². The van der Waals surface area contributed by atoms with E-state index in [1.807, 2.05) is 0 Å². The predicted octanol–water partition coefficient (Wildman–Crippen LogP) is 4.38. The lowest BCUT2D eigenvalue weighted by molar-refractivity contribution is -0.119. The van der Waals surface area contributed by atoms with Crippen LogP contribution in [0.25, 0.3) is 0 Å². The summed E-state index contributed by atoms with van der Waals surface area (Å²) in [6, 6.07) is 10.2. The lowest BCUT2D eigenvalue weighted by Crippen LogP contribution is -2.39. The Morgan fingerprint density at radius 1 is 1.08 bits per heavy atom. The Balaban J connectivity index is 1.98. The molecule has 2 aromatic carbocycles. The molecule has 3 rings (SSSR count). The standard InChI is InChI=1S/C23H23BrClN3O7S/c1-14-18(24)10-16(35-14)12-26-27-23(29)13-28(19-9-15(25)5-7-20(19)32-2)36(30,31)17-6-8-21(33-3)22(11-17)34-4/h5-12H,13H2,1-4H3,(H,27,29)/b26-12-. The number of anilines is 1. The third-order valence-corrected chi connectivity index (χ3v) is 7.68. The molecule has 3 aromatic rings. The van der Waals surface area contributed by atoms with E-state index in [9.17, 15) is 13.2 Å². The molecule has 0 aliphatic heterocycles. The Hall–Kier alpha value is -3.22. The third kappa shape index (κ3) is 6.12. The second kappa shape index (κ2) is 11.7.